The molecule has 1 atom stereocenters. The van der Waals surface area contributed by atoms with Crippen molar-refractivity contribution >= 4 is 17.6 Å². The maximum atomic E-state index is 12.1. The number of hydrogen-bond acceptors (Lipinski definition) is 3. The number of aliphatic carboxylic acids is 1. The normalized spacial score (nSPS) is 12.0. The Morgan fingerprint density at radius 1 is 1.43 bits per heavy atom. The summed E-state index contributed by atoms with van der Waals surface area (Å²) in [6, 6.07) is 7.52. The summed E-state index contributed by atoms with van der Waals surface area (Å²) in [6.45, 7) is 8.10. The first-order chi connectivity index (χ1) is 9.93. The van der Waals surface area contributed by atoms with Crippen molar-refractivity contribution in [1.82, 2.24) is 4.90 Å². The van der Waals surface area contributed by atoms with Crippen molar-refractivity contribution in [3.8, 4) is 0 Å². The van der Waals surface area contributed by atoms with E-state index < -0.39 is 11.9 Å². The van der Waals surface area contributed by atoms with Gasteiger partial charge in [-0.25, -0.2) is 0 Å². The Hall–Kier alpha value is -2.14. The molecule has 0 heterocycles. The first-order valence-corrected chi connectivity index (χ1v) is 6.85. The standard InChI is InChI=1S/C16H22N2O3/c1-4-9-18(10-13(3)16(20)21)11-15(19)17-14-8-6-5-7-12(14)2/h4-8,13H,1,9-11H2,2-3H3,(H,17,19)(H,20,21). The van der Waals surface area contributed by atoms with Crippen LogP contribution in [0.2, 0.25) is 0 Å². The maximum Gasteiger partial charge on any atom is 0.307 e. The molecule has 1 rings (SSSR count). The zero-order valence-corrected chi connectivity index (χ0v) is 12.5. The number of carbonyl (C=O) groups is 2. The third-order valence-electron chi connectivity index (χ3n) is 3.13. The van der Waals surface area contributed by atoms with Crippen LogP contribution in [0, 0.1) is 12.8 Å². The van der Waals surface area contributed by atoms with Crippen molar-refractivity contribution < 1.29 is 14.7 Å². The first kappa shape index (κ1) is 16.9. The second kappa shape index (κ2) is 8.21. The van der Waals surface area contributed by atoms with Gasteiger partial charge in [0.15, 0.2) is 0 Å². The van der Waals surface area contributed by atoms with Crippen LogP contribution in [0.3, 0.4) is 0 Å². The lowest BCUT2D eigenvalue weighted by atomic mass is 10.1. The van der Waals surface area contributed by atoms with Gasteiger partial charge in [0.05, 0.1) is 12.5 Å². The van der Waals surface area contributed by atoms with Gasteiger partial charge < -0.3 is 10.4 Å². The second-order valence-electron chi connectivity index (χ2n) is 5.09. The van der Waals surface area contributed by atoms with Crippen LogP contribution in [0.1, 0.15) is 12.5 Å². The van der Waals surface area contributed by atoms with Gasteiger partial charge in [-0.05, 0) is 18.6 Å². The SMILES string of the molecule is C=CCN(CC(=O)Nc1ccccc1C)CC(C)C(=O)O. The highest BCUT2D eigenvalue weighted by atomic mass is 16.4. The Kier molecular flexibility index (Phi) is 6.62. The quantitative estimate of drug-likeness (QED) is 0.720. The molecule has 0 radical (unpaired) electrons. The van der Waals surface area contributed by atoms with Crippen LogP contribution in [-0.4, -0.2) is 41.5 Å². The Morgan fingerprint density at radius 3 is 2.67 bits per heavy atom. The van der Waals surface area contributed by atoms with E-state index in [2.05, 4.69) is 11.9 Å². The van der Waals surface area contributed by atoms with Gasteiger partial charge in [-0.3, -0.25) is 14.5 Å². The van der Waals surface area contributed by atoms with Gasteiger partial charge in [0, 0.05) is 18.8 Å². The Morgan fingerprint density at radius 2 is 2.10 bits per heavy atom. The van der Waals surface area contributed by atoms with E-state index in [1.807, 2.05) is 31.2 Å². The van der Waals surface area contributed by atoms with Crippen LogP contribution in [0.4, 0.5) is 5.69 Å². The zero-order valence-electron chi connectivity index (χ0n) is 12.5. The van der Waals surface area contributed by atoms with E-state index in [-0.39, 0.29) is 12.5 Å². The van der Waals surface area contributed by atoms with Crippen molar-refractivity contribution in [2.75, 3.05) is 25.0 Å². The molecule has 1 aromatic rings. The van der Waals surface area contributed by atoms with Crippen LogP contribution in [-0.2, 0) is 9.59 Å². The molecule has 5 heteroatoms. The lowest BCUT2D eigenvalue weighted by Gasteiger charge is -2.22. The number of carboxylic acid groups (broad SMARTS) is 1. The van der Waals surface area contributed by atoms with Crippen LogP contribution >= 0.6 is 0 Å². The fourth-order valence-electron chi connectivity index (χ4n) is 1.96. The minimum Gasteiger partial charge on any atom is -0.481 e. The highest BCUT2D eigenvalue weighted by Crippen LogP contribution is 2.13. The predicted octanol–water partition coefficient (Wildman–Crippen LogP) is 2.14. The van der Waals surface area contributed by atoms with Gasteiger partial charge in [-0.2, -0.15) is 0 Å². The summed E-state index contributed by atoms with van der Waals surface area (Å²) in [5.74, 6) is -1.57. The summed E-state index contributed by atoms with van der Waals surface area (Å²) in [5, 5.41) is 11.8. The van der Waals surface area contributed by atoms with Gasteiger partial charge >= 0.3 is 5.97 Å². The fourth-order valence-corrected chi connectivity index (χ4v) is 1.96. The smallest absolute Gasteiger partial charge is 0.307 e. The van der Waals surface area contributed by atoms with Gasteiger partial charge in [-0.15, -0.1) is 6.58 Å². The summed E-state index contributed by atoms with van der Waals surface area (Å²) in [6.07, 6.45) is 1.66. The number of para-hydroxylation sites is 1. The molecular formula is C16H22N2O3. The lowest BCUT2D eigenvalue weighted by Crippen LogP contribution is -2.38. The van der Waals surface area contributed by atoms with Gasteiger partial charge in [0.2, 0.25) is 5.91 Å². The van der Waals surface area contributed by atoms with Crippen LogP contribution in [0.15, 0.2) is 36.9 Å². The number of nitrogens with one attached hydrogen (secondary N) is 1. The van der Waals surface area contributed by atoms with Crippen molar-refractivity contribution in [3.05, 3.63) is 42.5 Å². The molecule has 114 valence electrons. The summed E-state index contributed by atoms with van der Waals surface area (Å²) in [5.41, 5.74) is 1.76. The number of nitrogens with zero attached hydrogens (tertiary/aromatic N) is 1. The van der Waals surface area contributed by atoms with Crippen molar-refractivity contribution in [1.29, 1.82) is 0 Å². The predicted molar refractivity (Wildman–Crippen MR) is 83.2 cm³/mol. The maximum absolute atomic E-state index is 12.1. The van der Waals surface area contributed by atoms with Crippen molar-refractivity contribution in [3.63, 3.8) is 0 Å². The van der Waals surface area contributed by atoms with Crippen LogP contribution in [0.5, 0.6) is 0 Å². The van der Waals surface area contributed by atoms with Gasteiger partial charge in [0.1, 0.15) is 0 Å². The molecule has 1 unspecified atom stereocenters. The number of benzene rings is 1. The van der Waals surface area contributed by atoms with Gasteiger partial charge in [0.25, 0.3) is 0 Å². The van der Waals surface area contributed by atoms with E-state index in [0.717, 1.165) is 11.3 Å². The summed E-state index contributed by atoms with van der Waals surface area (Å²) in [7, 11) is 0. The van der Waals surface area contributed by atoms with E-state index >= 15 is 0 Å². The average molecular weight is 290 g/mol. The highest BCUT2D eigenvalue weighted by molar-refractivity contribution is 5.93. The largest absolute Gasteiger partial charge is 0.481 e. The molecule has 0 aliphatic heterocycles. The molecule has 0 saturated carbocycles. The number of anilines is 1. The topological polar surface area (TPSA) is 69.6 Å². The number of aryl methyl sites for hydroxylation is 1. The average Bonchev–Trinajstić information content (AvgIpc) is 2.41. The minimum atomic E-state index is -0.872. The molecule has 0 aliphatic carbocycles. The number of hydrogen-bond donors (Lipinski definition) is 2. The van der Waals surface area contributed by atoms with Crippen LogP contribution in [0.25, 0.3) is 0 Å². The third kappa shape index (κ3) is 5.79. The Labute approximate surface area is 125 Å². The fraction of sp³-hybridized carbons (Fsp3) is 0.375. The van der Waals surface area contributed by atoms with Gasteiger partial charge in [-0.1, -0.05) is 31.2 Å². The molecule has 0 bridgehead atoms. The summed E-state index contributed by atoms with van der Waals surface area (Å²) >= 11 is 0. The number of rotatable bonds is 8. The Balaban J connectivity index is 2.62. The van der Waals surface area contributed by atoms with Crippen LogP contribution < -0.4 is 5.32 Å². The van der Waals surface area contributed by atoms with E-state index in [1.54, 1.807) is 17.9 Å². The van der Waals surface area contributed by atoms with E-state index in [0.29, 0.717) is 13.1 Å². The molecule has 0 aromatic heterocycles. The first-order valence-electron chi connectivity index (χ1n) is 6.85. The molecule has 1 aromatic carbocycles. The third-order valence-corrected chi connectivity index (χ3v) is 3.13. The van der Waals surface area contributed by atoms with E-state index in [4.69, 9.17) is 5.11 Å². The molecule has 1 amide bonds. The summed E-state index contributed by atoms with van der Waals surface area (Å²) < 4.78 is 0. The second-order valence-corrected chi connectivity index (χ2v) is 5.09. The number of carbonyl (C=O) groups excluding carboxylic acids is 1. The monoisotopic (exact) mass is 290 g/mol. The number of carboxylic acids is 1. The van der Waals surface area contributed by atoms with E-state index in [1.165, 1.54) is 0 Å². The molecular weight excluding hydrogens is 268 g/mol. The minimum absolute atomic E-state index is 0.137. The number of amides is 1. The van der Waals surface area contributed by atoms with Crippen molar-refractivity contribution in [2.45, 2.75) is 13.8 Å². The highest BCUT2D eigenvalue weighted by Gasteiger charge is 2.17. The summed E-state index contributed by atoms with van der Waals surface area (Å²) in [4.78, 5) is 24.7. The Bertz CT molecular complexity index is 514. The molecule has 0 spiro atoms. The van der Waals surface area contributed by atoms with E-state index in [9.17, 15) is 9.59 Å². The van der Waals surface area contributed by atoms with Crippen molar-refractivity contribution in [2.24, 2.45) is 5.92 Å². The molecule has 2 N–H and O–H groups in total. The zero-order chi connectivity index (χ0) is 15.8. The molecule has 0 saturated heterocycles. The molecule has 0 aliphatic rings. The molecule has 5 nitrogen and oxygen atoms in total. The molecule has 0 fully saturated rings. The molecule has 21 heavy (non-hydrogen) atoms. The lowest BCUT2D eigenvalue weighted by molar-refractivity contribution is -0.142.